The summed E-state index contributed by atoms with van der Waals surface area (Å²) in [6.45, 7) is 6.72. The molecule has 128 valence electrons. The Morgan fingerprint density at radius 1 is 1.30 bits per heavy atom. The number of carbonyl (C=O) groups is 2. The van der Waals surface area contributed by atoms with E-state index in [4.69, 9.17) is 4.74 Å². The molecule has 2 rings (SSSR count). The Balaban J connectivity index is 2.15. The van der Waals surface area contributed by atoms with Crippen molar-refractivity contribution < 1.29 is 19.6 Å². The molecule has 6 heteroatoms. The minimum Gasteiger partial charge on any atom is -0.462 e. The molecule has 1 aromatic heterocycles. The fourth-order valence-corrected chi connectivity index (χ4v) is 4.02. The highest BCUT2D eigenvalue weighted by Gasteiger charge is 2.27. The van der Waals surface area contributed by atoms with Gasteiger partial charge in [0.1, 0.15) is 5.00 Å². The summed E-state index contributed by atoms with van der Waals surface area (Å²) >= 11 is 1.54. The van der Waals surface area contributed by atoms with Gasteiger partial charge in [-0.25, -0.2) is 4.79 Å². The van der Waals surface area contributed by atoms with Crippen LogP contribution in [0.1, 0.15) is 60.8 Å². The highest BCUT2D eigenvalue weighted by Crippen LogP contribution is 2.38. The molecule has 1 atom stereocenters. The number of carbonyl (C=O) groups excluding carboxylic acids is 2. The maximum Gasteiger partial charge on any atom is 0.341 e. The van der Waals surface area contributed by atoms with E-state index in [1.54, 1.807) is 6.92 Å². The van der Waals surface area contributed by atoms with Gasteiger partial charge in [0.15, 0.2) is 6.54 Å². The predicted octanol–water partition coefficient (Wildman–Crippen LogP) is 2.10. The summed E-state index contributed by atoms with van der Waals surface area (Å²) < 4.78 is 5.20. The summed E-state index contributed by atoms with van der Waals surface area (Å²) in [7, 11) is 0. The standard InChI is InChI=1S/C17H26N2O3S/c1-4-11(3)18-10-14(20)19-16-15(17(21)22-5-2)12-8-6-7-9-13(12)23-16/h11,18H,4-10H2,1-3H3,(H,19,20)/p+1/t11-/m0/s1. The van der Waals surface area contributed by atoms with Gasteiger partial charge < -0.3 is 15.4 Å². The Morgan fingerprint density at radius 2 is 2.04 bits per heavy atom. The SMILES string of the molecule is CCOC(=O)c1c(NC(=O)C[NH2+][C@@H](C)CC)sc2c1CCCC2. The lowest BCUT2D eigenvalue weighted by Gasteiger charge is -2.12. The zero-order valence-electron chi connectivity index (χ0n) is 14.2. The number of nitrogens with two attached hydrogens (primary N) is 1. The van der Waals surface area contributed by atoms with E-state index >= 15 is 0 Å². The van der Waals surface area contributed by atoms with Crippen LogP contribution in [0.25, 0.3) is 0 Å². The molecule has 0 bridgehead atoms. The predicted molar refractivity (Wildman–Crippen MR) is 92.1 cm³/mol. The largest absolute Gasteiger partial charge is 0.462 e. The average molecular weight is 339 g/mol. The molecule has 1 heterocycles. The van der Waals surface area contributed by atoms with Gasteiger partial charge in [-0.1, -0.05) is 6.92 Å². The minimum absolute atomic E-state index is 0.0607. The van der Waals surface area contributed by atoms with E-state index in [2.05, 4.69) is 19.2 Å². The minimum atomic E-state index is -0.312. The molecule has 1 aromatic rings. The highest BCUT2D eigenvalue weighted by atomic mass is 32.1. The third-order valence-corrected chi connectivity index (χ3v) is 5.46. The van der Waals surface area contributed by atoms with Crippen molar-refractivity contribution in [2.75, 3.05) is 18.5 Å². The van der Waals surface area contributed by atoms with Gasteiger partial charge in [-0.15, -0.1) is 11.3 Å². The summed E-state index contributed by atoms with van der Waals surface area (Å²) in [5, 5.41) is 5.62. The Labute approximate surface area is 141 Å². The summed E-state index contributed by atoms with van der Waals surface area (Å²) in [6, 6.07) is 0.418. The number of anilines is 1. The van der Waals surface area contributed by atoms with Gasteiger partial charge in [0, 0.05) is 4.88 Å². The van der Waals surface area contributed by atoms with Crippen LogP contribution in [0.5, 0.6) is 0 Å². The third-order valence-electron chi connectivity index (χ3n) is 4.25. The molecule has 0 aliphatic heterocycles. The van der Waals surface area contributed by atoms with E-state index in [9.17, 15) is 9.59 Å². The summed E-state index contributed by atoms with van der Waals surface area (Å²) in [5.74, 6) is -0.373. The van der Waals surface area contributed by atoms with Gasteiger partial charge in [-0.3, -0.25) is 4.79 Å². The first-order valence-electron chi connectivity index (χ1n) is 8.51. The van der Waals surface area contributed by atoms with Crippen molar-refractivity contribution in [3.8, 4) is 0 Å². The second kappa shape index (κ2) is 8.45. The van der Waals surface area contributed by atoms with Crippen LogP contribution < -0.4 is 10.6 Å². The molecule has 0 unspecified atom stereocenters. The van der Waals surface area contributed by atoms with Crippen LogP contribution in [0.3, 0.4) is 0 Å². The molecular weight excluding hydrogens is 312 g/mol. The number of fused-ring (bicyclic) bond motifs is 1. The Bertz CT molecular complexity index is 568. The van der Waals surface area contributed by atoms with Crippen molar-refractivity contribution in [2.45, 2.75) is 58.9 Å². The van der Waals surface area contributed by atoms with Crippen molar-refractivity contribution >= 4 is 28.2 Å². The van der Waals surface area contributed by atoms with Gasteiger partial charge in [0.05, 0.1) is 18.2 Å². The molecule has 0 fully saturated rings. The average Bonchev–Trinajstić information content (AvgIpc) is 2.90. The molecule has 1 aliphatic rings. The molecule has 1 aliphatic carbocycles. The summed E-state index contributed by atoms with van der Waals surface area (Å²) in [4.78, 5) is 25.7. The van der Waals surface area contributed by atoms with E-state index in [0.717, 1.165) is 37.7 Å². The summed E-state index contributed by atoms with van der Waals surface area (Å²) in [6.07, 6.45) is 5.14. The first-order chi connectivity index (χ1) is 11.1. The zero-order valence-corrected chi connectivity index (χ0v) is 15.1. The molecule has 0 saturated heterocycles. The molecular formula is C17H27N2O3S+. The summed E-state index contributed by atoms with van der Waals surface area (Å²) in [5.41, 5.74) is 1.67. The lowest BCUT2D eigenvalue weighted by Crippen LogP contribution is -2.90. The number of nitrogens with one attached hydrogen (secondary N) is 1. The van der Waals surface area contributed by atoms with Crippen LogP contribution >= 0.6 is 11.3 Å². The number of hydrogen-bond acceptors (Lipinski definition) is 4. The van der Waals surface area contributed by atoms with Crippen LogP contribution in [0, 0.1) is 0 Å². The normalized spacial score (nSPS) is 14.9. The van der Waals surface area contributed by atoms with E-state index in [-0.39, 0.29) is 11.9 Å². The second-order valence-corrected chi connectivity index (χ2v) is 7.11. The van der Waals surface area contributed by atoms with Crippen LogP contribution in [-0.4, -0.2) is 31.1 Å². The third kappa shape index (κ3) is 4.54. The van der Waals surface area contributed by atoms with Crippen molar-refractivity contribution in [3.05, 3.63) is 16.0 Å². The van der Waals surface area contributed by atoms with E-state index in [1.807, 2.05) is 5.32 Å². The van der Waals surface area contributed by atoms with E-state index in [0.29, 0.717) is 29.8 Å². The lowest BCUT2D eigenvalue weighted by atomic mass is 9.95. The fraction of sp³-hybridized carbons (Fsp3) is 0.647. The molecule has 0 aromatic carbocycles. The molecule has 23 heavy (non-hydrogen) atoms. The van der Waals surface area contributed by atoms with Crippen LogP contribution in [0.15, 0.2) is 0 Å². The quantitative estimate of drug-likeness (QED) is 0.747. The number of aryl methyl sites for hydroxylation is 1. The topological polar surface area (TPSA) is 72.0 Å². The van der Waals surface area contributed by atoms with E-state index < -0.39 is 0 Å². The monoisotopic (exact) mass is 339 g/mol. The van der Waals surface area contributed by atoms with Crippen LogP contribution in [-0.2, 0) is 22.4 Å². The highest BCUT2D eigenvalue weighted by molar-refractivity contribution is 7.17. The van der Waals surface area contributed by atoms with Gasteiger partial charge in [-0.05, 0) is 51.5 Å². The Hall–Kier alpha value is -1.40. The molecule has 0 radical (unpaired) electrons. The van der Waals surface area contributed by atoms with E-state index in [1.165, 1.54) is 16.2 Å². The number of rotatable bonds is 7. The van der Waals surface area contributed by atoms with Crippen molar-refractivity contribution in [3.63, 3.8) is 0 Å². The van der Waals surface area contributed by atoms with Gasteiger partial charge >= 0.3 is 5.97 Å². The first kappa shape index (κ1) is 17.9. The van der Waals surface area contributed by atoms with Gasteiger partial charge in [0.25, 0.3) is 5.91 Å². The smallest absolute Gasteiger partial charge is 0.341 e. The zero-order chi connectivity index (χ0) is 16.8. The number of ether oxygens (including phenoxy) is 1. The van der Waals surface area contributed by atoms with Crippen molar-refractivity contribution in [1.82, 2.24) is 0 Å². The van der Waals surface area contributed by atoms with Crippen LogP contribution in [0.2, 0.25) is 0 Å². The maximum absolute atomic E-state index is 12.3. The molecule has 1 amide bonds. The number of hydrogen-bond donors (Lipinski definition) is 2. The lowest BCUT2D eigenvalue weighted by molar-refractivity contribution is -0.675. The van der Waals surface area contributed by atoms with Gasteiger partial charge in [0.2, 0.25) is 0 Å². The molecule has 0 saturated carbocycles. The number of quaternary nitrogens is 1. The van der Waals surface area contributed by atoms with Crippen LogP contribution in [0.4, 0.5) is 5.00 Å². The van der Waals surface area contributed by atoms with Crippen molar-refractivity contribution in [2.24, 2.45) is 0 Å². The van der Waals surface area contributed by atoms with Gasteiger partial charge in [-0.2, -0.15) is 0 Å². The van der Waals surface area contributed by atoms with Crippen molar-refractivity contribution in [1.29, 1.82) is 0 Å². The number of esters is 1. The molecule has 5 nitrogen and oxygen atoms in total. The maximum atomic E-state index is 12.3. The Morgan fingerprint density at radius 3 is 2.74 bits per heavy atom. The number of amides is 1. The first-order valence-corrected chi connectivity index (χ1v) is 9.33. The second-order valence-electron chi connectivity index (χ2n) is 6.01. The Kier molecular flexibility index (Phi) is 6.59. The molecule has 3 N–H and O–H groups in total. The molecule has 0 spiro atoms. The fourth-order valence-electron chi connectivity index (χ4n) is 2.73. The number of thiophene rings is 1.